The fraction of sp³-hybridized carbons (Fsp3) is 0.357. The van der Waals surface area contributed by atoms with Crippen molar-refractivity contribution in [2.45, 2.75) is 25.7 Å². The minimum atomic E-state index is -1.04. The average molecular weight is 248 g/mol. The predicted molar refractivity (Wildman–Crippen MR) is 62.5 cm³/mol. The number of ketones is 3. The van der Waals surface area contributed by atoms with E-state index in [2.05, 4.69) is 0 Å². The molecule has 1 saturated carbocycles. The molecule has 0 amide bonds. The lowest BCUT2D eigenvalue weighted by molar-refractivity contribution is -0.136. The van der Waals surface area contributed by atoms with E-state index in [0.29, 0.717) is 6.42 Å². The maximum Gasteiger partial charge on any atom is 0.151 e. The molecule has 1 aromatic rings. The Kier molecular flexibility index (Phi) is 3.65. The fourth-order valence-corrected chi connectivity index (χ4v) is 2.14. The van der Waals surface area contributed by atoms with Crippen LogP contribution in [0, 0.1) is 11.7 Å². The second kappa shape index (κ2) is 5.21. The van der Waals surface area contributed by atoms with Gasteiger partial charge in [0.1, 0.15) is 11.7 Å². The van der Waals surface area contributed by atoms with Crippen molar-refractivity contribution in [3.05, 3.63) is 35.6 Å². The van der Waals surface area contributed by atoms with Gasteiger partial charge in [-0.2, -0.15) is 0 Å². The molecule has 94 valence electrons. The number of carbonyl (C=O) groups is 3. The molecule has 0 atom stereocenters. The van der Waals surface area contributed by atoms with Crippen molar-refractivity contribution >= 4 is 17.3 Å². The van der Waals surface area contributed by atoms with E-state index >= 15 is 0 Å². The summed E-state index contributed by atoms with van der Waals surface area (Å²) in [6.45, 7) is 0. The molecule has 4 heteroatoms. The highest BCUT2D eigenvalue weighted by Crippen LogP contribution is 2.20. The Balaban J connectivity index is 1.94. The Hall–Kier alpha value is -1.84. The van der Waals surface area contributed by atoms with Gasteiger partial charge in [0, 0.05) is 19.3 Å². The van der Waals surface area contributed by atoms with Crippen molar-refractivity contribution in [1.82, 2.24) is 0 Å². The summed E-state index contributed by atoms with van der Waals surface area (Å²) in [5.41, 5.74) is 0.822. The minimum Gasteiger partial charge on any atom is -0.298 e. The van der Waals surface area contributed by atoms with E-state index in [-0.39, 0.29) is 42.4 Å². The smallest absolute Gasteiger partial charge is 0.151 e. The fourth-order valence-electron chi connectivity index (χ4n) is 2.14. The minimum absolute atomic E-state index is 0.147. The lowest BCUT2D eigenvalue weighted by Gasteiger charge is -2.05. The van der Waals surface area contributed by atoms with Crippen molar-refractivity contribution in [2.75, 3.05) is 0 Å². The molecule has 2 rings (SSSR count). The van der Waals surface area contributed by atoms with Crippen LogP contribution in [0.1, 0.15) is 24.8 Å². The van der Waals surface area contributed by atoms with Crippen LogP contribution < -0.4 is 0 Å². The van der Waals surface area contributed by atoms with Crippen LogP contribution in [0.2, 0.25) is 0 Å². The van der Waals surface area contributed by atoms with Crippen LogP contribution in [0.3, 0.4) is 0 Å². The quantitative estimate of drug-likeness (QED) is 0.764. The molecule has 1 aliphatic rings. The van der Waals surface area contributed by atoms with Gasteiger partial charge in [0.15, 0.2) is 17.3 Å². The van der Waals surface area contributed by atoms with Crippen molar-refractivity contribution in [2.24, 2.45) is 5.92 Å². The Bertz CT molecular complexity index is 474. The van der Waals surface area contributed by atoms with Gasteiger partial charge in [-0.05, 0) is 24.1 Å². The Labute approximate surface area is 104 Å². The van der Waals surface area contributed by atoms with Crippen LogP contribution in [0.5, 0.6) is 0 Å². The molecule has 0 bridgehead atoms. The highest BCUT2D eigenvalue weighted by atomic mass is 19.1. The number of aryl methyl sites for hydroxylation is 1. The second-order valence-corrected chi connectivity index (χ2v) is 4.46. The number of Topliss-reactive ketones (excluding diaryl/α,β-unsaturated/α-hetero) is 3. The summed E-state index contributed by atoms with van der Waals surface area (Å²) in [6.07, 6.45) is 0.946. The van der Waals surface area contributed by atoms with E-state index in [0.717, 1.165) is 5.56 Å². The van der Waals surface area contributed by atoms with Crippen molar-refractivity contribution in [3.8, 4) is 0 Å². The van der Waals surface area contributed by atoms with Gasteiger partial charge in [-0.1, -0.05) is 12.1 Å². The molecular formula is C14H13FO3. The summed E-state index contributed by atoms with van der Waals surface area (Å²) in [4.78, 5) is 34.6. The molecule has 1 fully saturated rings. The third-order valence-corrected chi connectivity index (χ3v) is 3.16. The molecule has 0 radical (unpaired) electrons. The first-order chi connectivity index (χ1) is 8.58. The highest BCUT2D eigenvalue weighted by molar-refractivity contribution is 6.23. The highest BCUT2D eigenvalue weighted by Gasteiger charge is 2.37. The van der Waals surface area contributed by atoms with Gasteiger partial charge in [-0.15, -0.1) is 0 Å². The molecule has 0 N–H and O–H groups in total. The van der Waals surface area contributed by atoms with Gasteiger partial charge < -0.3 is 0 Å². The molecule has 0 aromatic heterocycles. The van der Waals surface area contributed by atoms with Gasteiger partial charge in [0.2, 0.25) is 0 Å². The molecule has 1 aromatic carbocycles. The van der Waals surface area contributed by atoms with E-state index in [1.807, 2.05) is 0 Å². The predicted octanol–water partition coefficient (Wildman–Crippen LogP) is 1.88. The lowest BCUT2D eigenvalue weighted by atomic mass is 9.95. The SMILES string of the molecule is O=C1CCC(=O)C1C(=O)CCc1ccc(F)cc1. The molecule has 0 aliphatic heterocycles. The maximum absolute atomic E-state index is 12.7. The zero-order valence-electron chi connectivity index (χ0n) is 9.82. The number of rotatable bonds is 4. The number of hydrogen-bond donors (Lipinski definition) is 0. The number of halogens is 1. The van der Waals surface area contributed by atoms with E-state index in [1.54, 1.807) is 12.1 Å². The number of benzene rings is 1. The molecule has 0 unspecified atom stereocenters. The van der Waals surface area contributed by atoms with Crippen LogP contribution in [-0.2, 0) is 20.8 Å². The summed E-state index contributed by atoms with van der Waals surface area (Å²) < 4.78 is 12.7. The van der Waals surface area contributed by atoms with Crippen molar-refractivity contribution < 1.29 is 18.8 Å². The van der Waals surface area contributed by atoms with Crippen LogP contribution in [0.15, 0.2) is 24.3 Å². The molecular weight excluding hydrogens is 235 g/mol. The summed E-state index contributed by atoms with van der Waals surface area (Å²) in [7, 11) is 0. The first-order valence-electron chi connectivity index (χ1n) is 5.90. The third kappa shape index (κ3) is 2.70. The van der Waals surface area contributed by atoms with Gasteiger partial charge >= 0.3 is 0 Å². The Morgan fingerprint density at radius 3 is 2.22 bits per heavy atom. The Morgan fingerprint density at radius 1 is 1.11 bits per heavy atom. The van der Waals surface area contributed by atoms with Gasteiger partial charge in [0.25, 0.3) is 0 Å². The zero-order chi connectivity index (χ0) is 13.1. The van der Waals surface area contributed by atoms with E-state index in [4.69, 9.17) is 0 Å². The summed E-state index contributed by atoms with van der Waals surface area (Å²) in [5, 5.41) is 0. The van der Waals surface area contributed by atoms with Crippen molar-refractivity contribution in [1.29, 1.82) is 0 Å². The standard InChI is InChI=1S/C14H13FO3/c15-10-4-1-9(2-5-10)3-6-11(16)14-12(17)7-8-13(14)18/h1-2,4-5,14H,3,6-8H2. The van der Waals surface area contributed by atoms with Crippen LogP contribution in [-0.4, -0.2) is 17.3 Å². The summed E-state index contributed by atoms with van der Waals surface area (Å²) in [6, 6.07) is 5.85. The molecule has 0 saturated heterocycles. The van der Waals surface area contributed by atoms with Crippen LogP contribution >= 0.6 is 0 Å². The monoisotopic (exact) mass is 248 g/mol. The first-order valence-corrected chi connectivity index (χ1v) is 5.90. The number of carbonyl (C=O) groups excluding carboxylic acids is 3. The molecule has 0 heterocycles. The lowest BCUT2D eigenvalue weighted by Crippen LogP contribution is -2.25. The largest absolute Gasteiger partial charge is 0.298 e. The van der Waals surface area contributed by atoms with Gasteiger partial charge in [0.05, 0.1) is 0 Å². The maximum atomic E-state index is 12.7. The first kappa shape index (κ1) is 12.6. The van der Waals surface area contributed by atoms with E-state index in [1.165, 1.54) is 12.1 Å². The molecule has 0 spiro atoms. The molecule has 3 nitrogen and oxygen atoms in total. The van der Waals surface area contributed by atoms with Gasteiger partial charge in [-0.3, -0.25) is 14.4 Å². The normalized spacial score (nSPS) is 16.3. The third-order valence-electron chi connectivity index (χ3n) is 3.16. The average Bonchev–Trinajstić information content (AvgIpc) is 2.68. The molecule has 18 heavy (non-hydrogen) atoms. The topological polar surface area (TPSA) is 51.2 Å². The number of hydrogen-bond acceptors (Lipinski definition) is 3. The zero-order valence-corrected chi connectivity index (χ0v) is 9.82. The van der Waals surface area contributed by atoms with Crippen molar-refractivity contribution in [3.63, 3.8) is 0 Å². The summed E-state index contributed by atoms with van der Waals surface area (Å²) in [5.74, 6) is -2.20. The summed E-state index contributed by atoms with van der Waals surface area (Å²) >= 11 is 0. The molecule has 1 aliphatic carbocycles. The Morgan fingerprint density at radius 2 is 1.67 bits per heavy atom. The van der Waals surface area contributed by atoms with Gasteiger partial charge in [-0.25, -0.2) is 4.39 Å². The van der Waals surface area contributed by atoms with E-state index < -0.39 is 5.92 Å². The second-order valence-electron chi connectivity index (χ2n) is 4.46. The van der Waals surface area contributed by atoms with Crippen LogP contribution in [0.25, 0.3) is 0 Å². The van der Waals surface area contributed by atoms with E-state index in [9.17, 15) is 18.8 Å². The van der Waals surface area contributed by atoms with Crippen LogP contribution in [0.4, 0.5) is 4.39 Å².